The molecule has 0 aliphatic rings. The number of nitrogens with two attached hydrogens (primary N) is 1. The van der Waals surface area contributed by atoms with E-state index in [0.29, 0.717) is 22.3 Å². The summed E-state index contributed by atoms with van der Waals surface area (Å²) in [6.07, 6.45) is 4.59. The maximum atomic E-state index is 13.1. The number of benzene rings is 1. The number of pyridine rings is 1. The molecule has 4 rings (SSSR count). The van der Waals surface area contributed by atoms with Crippen LogP contribution < -0.4 is 5.73 Å². The van der Waals surface area contributed by atoms with Crippen LogP contribution in [0.4, 0.5) is 5.95 Å². The lowest BCUT2D eigenvalue weighted by atomic mass is 10.1. The van der Waals surface area contributed by atoms with E-state index in [9.17, 15) is 8.42 Å². The Balaban J connectivity index is 1.98. The predicted molar refractivity (Wildman–Crippen MR) is 102 cm³/mol. The zero-order valence-corrected chi connectivity index (χ0v) is 15.6. The number of nitrogen functional groups attached to an aromatic ring is 1. The van der Waals surface area contributed by atoms with Crippen LogP contribution in [0.15, 0.2) is 70.4 Å². The maximum absolute atomic E-state index is 13.1. The summed E-state index contributed by atoms with van der Waals surface area (Å²) in [7, 11) is -3.82. The van der Waals surface area contributed by atoms with Gasteiger partial charge in [-0.3, -0.25) is 0 Å². The van der Waals surface area contributed by atoms with Crippen LogP contribution in [0.25, 0.3) is 22.3 Å². The Morgan fingerprint density at radius 3 is 2.50 bits per heavy atom. The Bertz CT molecular complexity index is 1220. The minimum atomic E-state index is -3.82. The summed E-state index contributed by atoms with van der Waals surface area (Å²) in [6.45, 7) is 0. The first kappa shape index (κ1) is 16.7. The molecule has 0 spiro atoms. The highest BCUT2D eigenvalue weighted by Gasteiger charge is 2.23. The average molecular weight is 430 g/mol. The third-order valence-electron chi connectivity index (χ3n) is 3.85. The van der Waals surface area contributed by atoms with E-state index in [0.717, 1.165) is 4.47 Å². The smallest absolute Gasteiger partial charge is 0.269 e. The van der Waals surface area contributed by atoms with Crippen LogP contribution in [0.5, 0.6) is 0 Å². The first-order valence-electron chi connectivity index (χ1n) is 7.53. The van der Waals surface area contributed by atoms with E-state index >= 15 is 0 Å². The highest BCUT2D eigenvalue weighted by atomic mass is 79.9. The number of hydrogen-bond acceptors (Lipinski definition) is 6. The third-order valence-corrected chi connectivity index (χ3v) is 6.05. The van der Waals surface area contributed by atoms with Gasteiger partial charge in [-0.15, -0.1) is 0 Å². The molecule has 4 aromatic rings. The Hall–Kier alpha value is -2.78. The van der Waals surface area contributed by atoms with Crippen molar-refractivity contribution in [3.05, 3.63) is 65.5 Å². The standard InChI is InChI=1S/C17H12BrN5O2S/c18-11-3-5-12(6-4-11)26(24,25)23-10-14(13-2-1-8-20-16(13)23)15-7-9-21-17(19)22-15/h1-10H,(H2,19,21,22). The molecule has 0 bridgehead atoms. The van der Waals surface area contributed by atoms with Crippen molar-refractivity contribution in [3.63, 3.8) is 0 Å². The number of aromatic nitrogens is 4. The first-order valence-corrected chi connectivity index (χ1v) is 9.76. The third kappa shape index (κ3) is 2.74. The van der Waals surface area contributed by atoms with Gasteiger partial charge in [0, 0.05) is 34.0 Å². The normalized spacial score (nSPS) is 11.7. The molecule has 0 fully saturated rings. The summed E-state index contributed by atoms with van der Waals surface area (Å²) < 4.78 is 28.2. The number of fused-ring (bicyclic) bond motifs is 1. The second-order valence-corrected chi connectivity index (χ2v) is 8.20. The van der Waals surface area contributed by atoms with Gasteiger partial charge in [-0.25, -0.2) is 27.3 Å². The fourth-order valence-corrected chi connectivity index (χ4v) is 4.25. The van der Waals surface area contributed by atoms with Crippen molar-refractivity contribution in [3.8, 4) is 11.3 Å². The molecular formula is C17H12BrN5O2S. The van der Waals surface area contributed by atoms with E-state index < -0.39 is 10.0 Å². The van der Waals surface area contributed by atoms with E-state index in [2.05, 4.69) is 30.9 Å². The number of anilines is 1. The fourth-order valence-electron chi connectivity index (χ4n) is 2.66. The van der Waals surface area contributed by atoms with Gasteiger partial charge in [0.15, 0.2) is 5.65 Å². The molecule has 3 aromatic heterocycles. The fraction of sp³-hybridized carbons (Fsp3) is 0. The Labute approximate surface area is 157 Å². The summed E-state index contributed by atoms with van der Waals surface area (Å²) in [5, 5.41) is 0.659. The lowest BCUT2D eigenvalue weighted by Crippen LogP contribution is -2.12. The molecule has 0 unspecified atom stereocenters. The first-order chi connectivity index (χ1) is 12.5. The topological polar surface area (TPSA) is 104 Å². The van der Waals surface area contributed by atoms with Crippen LogP contribution in [0.2, 0.25) is 0 Å². The molecule has 0 saturated heterocycles. The van der Waals surface area contributed by atoms with Crippen LogP contribution in [0.1, 0.15) is 0 Å². The summed E-state index contributed by atoms with van der Waals surface area (Å²) >= 11 is 3.31. The molecule has 0 aliphatic heterocycles. The number of hydrogen-bond donors (Lipinski definition) is 1. The minimum Gasteiger partial charge on any atom is -0.368 e. The van der Waals surface area contributed by atoms with E-state index in [1.165, 1.54) is 28.5 Å². The molecule has 26 heavy (non-hydrogen) atoms. The Morgan fingerprint density at radius 1 is 1.00 bits per heavy atom. The van der Waals surface area contributed by atoms with Crippen molar-refractivity contribution in [2.75, 3.05) is 5.73 Å². The van der Waals surface area contributed by atoms with Crippen molar-refractivity contribution >= 4 is 42.9 Å². The second-order valence-electron chi connectivity index (χ2n) is 5.47. The molecule has 0 amide bonds. The van der Waals surface area contributed by atoms with Gasteiger partial charge in [0.1, 0.15) is 0 Å². The quantitative estimate of drug-likeness (QED) is 0.536. The van der Waals surface area contributed by atoms with E-state index in [1.54, 1.807) is 36.5 Å². The van der Waals surface area contributed by atoms with Crippen molar-refractivity contribution in [1.29, 1.82) is 0 Å². The van der Waals surface area contributed by atoms with Crippen LogP contribution in [0, 0.1) is 0 Å². The van der Waals surface area contributed by atoms with Crippen molar-refractivity contribution in [1.82, 2.24) is 18.9 Å². The van der Waals surface area contributed by atoms with Gasteiger partial charge in [-0.2, -0.15) is 0 Å². The number of rotatable bonds is 3. The van der Waals surface area contributed by atoms with Gasteiger partial charge in [0.2, 0.25) is 5.95 Å². The SMILES string of the molecule is Nc1nccc(-c2cn(S(=O)(=O)c3ccc(Br)cc3)c3ncccc23)n1. The highest BCUT2D eigenvalue weighted by Crippen LogP contribution is 2.31. The molecular weight excluding hydrogens is 418 g/mol. The lowest BCUT2D eigenvalue weighted by molar-refractivity contribution is 0.589. The molecule has 7 nitrogen and oxygen atoms in total. The van der Waals surface area contributed by atoms with Crippen molar-refractivity contribution in [2.24, 2.45) is 0 Å². The summed E-state index contributed by atoms with van der Waals surface area (Å²) in [5.74, 6) is 0.114. The Kier molecular flexibility index (Phi) is 3.97. The molecule has 0 saturated carbocycles. The highest BCUT2D eigenvalue weighted by molar-refractivity contribution is 9.10. The lowest BCUT2D eigenvalue weighted by Gasteiger charge is -2.06. The Morgan fingerprint density at radius 2 is 1.77 bits per heavy atom. The van der Waals surface area contributed by atoms with Crippen LogP contribution >= 0.6 is 15.9 Å². The van der Waals surface area contributed by atoms with Crippen LogP contribution in [-0.4, -0.2) is 27.3 Å². The van der Waals surface area contributed by atoms with E-state index in [-0.39, 0.29) is 10.8 Å². The maximum Gasteiger partial charge on any atom is 0.269 e. The van der Waals surface area contributed by atoms with Crippen molar-refractivity contribution < 1.29 is 8.42 Å². The van der Waals surface area contributed by atoms with Gasteiger partial charge in [0.05, 0.1) is 10.6 Å². The molecule has 0 aliphatic carbocycles. The molecule has 3 heterocycles. The second kappa shape index (κ2) is 6.19. The average Bonchev–Trinajstić information content (AvgIpc) is 3.03. The zero-order chi connectivity index (χ0) is 18.3. The summed E-state index contributed by atoms with van der Waals surface area (Å²) in [4.78, 5) is 12.5. The molecule has 130 valence electrons. The summed E-state index contributed by atoms with van der Waals surface area (Å²) in [5.41, 5.74) is 7.13. The monoisotopic (exact) mass is 429 g/mol. The van der Waals surface area contributed by atoms with E-state index in [4.69, 9.17) is 5.73 Å². The number of halogens is 1. The molecule has 0 radical (unpaired) electrons. The molecule has 1 aromatic carbocycles. The molecule has 9 heteroatoms. The van der Waals surface area contributed by atoms with E-state index in [1.807, 2.05) is 0 Å². The summed E-state index contributed by atoms with van der Waals surface area (Å²) in [6, 6.07) is 11.6. The van der Waals surface area contributed by atoms with Crippen LogP contribution in [-0.2, 0) is 10.0 Å². The van der Waals surface area contributed by atoms with Crippen molar-refractivity contribution in [2.45, 2.75) is 4.90 Å². The van der Waals surface area contributed by atoms with Gasteiger partial charge in [-0.1, -0.05) is 15.9 Å². The van der Waals surface area contributed by atoms with Gasteiger partial charge < -0.3 is 5.73 Å². The minimum absolute atomic E-state index is 0.114. The largest absolute Gasteiger partial charge is 0.368 e. The van der Waals surface area contributed by atoms with Gasteiger partial charge in [-0.05, 0) is 42.5 Å². The van der Waals surface area contributed by atoms with Crippen LogP contribution in [0.3, 0.4) is 0 Å². The van der Waals surface area contributed by atoms with Gasteiger partial charge in [0.25, 0.3) is 10.0 Å². The van der Waals surface area contributed by atoms with Gasteiger partial charge >= 0.3 is 0 Å². The number of nitrogens with zero attached hydrogens (tertiary/aromatic N) is 4. The molecule has 0 atom stereocenters. The predicted octanol–water partition coefficient (Wildman–Crippen LogP) is 3.08. The molecule has 2 N–H and O–H groups in total. The zero-order valence-electron chi connectivity index (χ0n) is 13.2.